The SMILES string of the molecule is CCN(CC)c1ccc(/C=[N+]2\NC(=O)[C@H](NC(=O)c3cccc(C)c3)[C@@H]2c2ccccc2)cc1. The molecule has 1 aliphatic heterocycles. The van der Waals surface area contributed by atoms with Crippen molar-refractivity contribution < 1.29 is 14.3 Å². The highest BCUT2D eigenvalue weighted by molar-refractivity contribution is 5.98. The van der Waals surface area contributed by atoms with Gasteiger partial charge in [-0.3, -0.25) is 9.59 Å². The van der Waals surface area contributed by atoms with E-state index in [2.05, 4.69) is 41.6 Å². The van der Waals surface area contributed by atoms with Crippen molar-refractivity contribution in [2.75, 3.05) is 18.0 Å². The summed E-state index contributed by atoms with van der Waals surface area (Å²) < 4.78 is 1.80. The van der Waals surface area contributed by atoms with Crippen molar-refractivity contribution in [2.45, 2.75) is 32.9 Å². The van der Waals surface area contributed by atoms with Crippen LogP contribution in [-0.4, -0.2) is 41.8 Å². The Hall–Kier alpha value is -3.93. The Morgan fingerprint density at radius 2 is 1.71 bits per heavy atom. The van der Waals surface area contributed by atoms with E-state index < -0.39 is 6.04 Å². The third-order valence-corrected chi connectivity index (χ3v) is 6.15. The monoisotopic (exact) mass is 455 g/mol. The lowest BCUT2D eigenvalue weighted by atomic mass is 9.99. The van der Waals surface area contributed by atoms with Crippen LogP contribution in [0.4, 0.5) is 5.69 Å². The fraction of sp³-hybridized carbons (Fsp3) is 0.250. The summed E-state index contributed by atoms with van der Waals surface area (Å²) in [5.74, 6) is -0.513. The molecule has 0 aromatic heterocycles. The number of nitrogens with zero attached hydrogens (tertiary/aromatic N) is 2. The molecule has 3 aromatic carbocycles. The number of rotatable bonds is 7. The molecule has 1 aliphatic rings. The second-order valence-electron chi connectivity index (χ2n) is 8.45. The minimum atomic E-state index is -0.735. The second kappa shape index (κ2) is 10.3. The molecule has 0 radical (unpaired) electrons. The number of hydrazone groups is 1. The summed E-state index contributed by atoms with van der Waals surface area (Å²) in [4.78, 5) is 28.3. The van der Waals surface area contributed by atoms with Gasteiger partial charge in [0.2, 0.25) is 12.3 Å². The zero-order chi connectivity index (χ0) is 24.1. The molecule has 1 saturated heterocycles. The van der Waals surface area contributed by atoms with Crippen molar-refractivity contribution in [2.24, 2.45) is 0 Å². The Labute approximate surface area is 200 Å². The van der Waals surface area contributed by atoms with Gasteiger partial charge in [0.05, 0.1) is 0 Å². The Balaban J connectivity index is 1.65. The number of benzene rings is 3. The highest BCUT2D eigenvalue weighted by atomic mass is 16.2. The smallest absolute Gasteiger partial charge is 0.304 e. The maximum atomic E-state index is 13.0. The predicted octanol–water partition coefficient (Wildman–Crippen LogP) is 3.86. The number of hydrogen-bond donors (Lipinski definition) is 2. The molecule has 4 rings (SSSR count). The normalized spacial score (nSPS) is 18.6. The van der Waals surface area contributed by atoms with Crippen molar-refractivity contribution in [3.8, 4) is 0 Å². The zero-order valence-corrected chi connectivity index (χ0v) is 19.9. The maximum absolute atomic E-state index is 13.0. The molecule has 2 N–H and O–H groups in total. The third-order valence-electron chi connectivity index (χ3n) is 6.15. The van der Waals surface area contributed by atoms with Crippen molar-refractivity contribution >= 4 is 23.7 Å². The van der Waals surface area contributed by atoms with E-state index in [-0.39, 0.29) is 17.9 Å². The average Bonchev–Trinajstić information content (AvgIpc) is 3.15. The van der Waals surface area contributed by atoms with Gasteiger partial charge in [-0.1, -0.05) is 48.0 Å². The van der Waals surface area contributed by atoms with Crippen LogP contribution >= 0.6 is 0 Å². The topological polar surface area (TPSA) is 64.5 Å². The molecule has 3 aromatic rings. The fourth-order valence-corrected chi connectivity index (χ4v) is 4.36. The lowest BCUT2D eigenvalue weighted by Gasteiger charge is -2.20. The molecule has 2 amide bonds. The van der Waals surface area contributed by atoms with Gasteiger partial charge in [-0.05, 0) is 57.2 Å². The second-order valence-corrected chi connectivity index (χ2v) is 8.45. The van der Waals surface area contributed by atoms with Crippen LogP contribution < -0.4 is 15.6 Å². The Morgan fingerprint density at radius 3 is 2.35 bits per heavy atom. The van der Waals surface area contributed by atoms with Crippen LogP contribution in [0.5, 0.6) is 0 Å². The standard InChI is InChI=1S/C28H30N4O2/c1-4-31(5-2)24-16-14-21(15-17-24)19-32-26(22-11-7-6-8-12-22)25(28(34)30-32)29-27(33)23-13-9-10-20(3)18-23/h6-19,25-26H,4-5H2,1-3H3,(H-,29,30,33,34)/p+1/t25-,26+/m1/s1. The van der Waals surface area contributed by atoms with Crippen LogP contribution in [0, 0.1) is 6.92 Å². The molecule has 0 bridgehead atoms. The van der Waals surface area contributed by atoms with E-state index in [0.717, 1.165) is 35.5 Å². The number of amides is 2. The summed E-state index contributed by atoms with van der Waals surface area (Å²) in [6, 6.07) is 24.3. The maximum Gasteiger partial charge on any atom is 0.304 e. The van der Waals surface area contributed by atoms with Gasteiger partial charge in [-0.25, -0.2) is 0 Å². The zero-order valence-electron chi connectivity index (χ0n) is 19.9. The summed E-state index contributed by atoms with van der Waals surface area (Å²) in [6.07, 6.45) is 1.92. The minimum absolute atomic E-state index is 0.245. The molecular weight excluding hydrogens is 424 g/mol. The van der Waals surface area contributed by atoms with Crippen LogP contribution in [0.25, 0.3) is 0 Å². The Morgan fingerprint density at radius 1 is 1.00 bits per heavy atom. The summed E-state index contributed by atoms with van der Waals surface area (Å²) in [5.41, 5.74) is 7.53. The number of hydrogen-bond acceptors (Lipinski definition) is 3. The molecule has 6 nitrogen and oxygen atoms in total. The van der Waals surface area contributed by atoms with Crippen molar-refractivity contribution in [1.82, 2.24) is 10.7 Å². The van der Waals surface area contributed by atoms with Gasteiger partial charge in [0.25, 0.3) is 5.91 Å². The molecule has 0 spiro atoms. The van der Waals surface area contributed by atoms with Gasteiger partial charge in [0.1, 0.15) is 0 Å². The molecule has 0 unspecified atom stereocenters. The van der Waals surface area contributed by atoms with Gasteiger partial charge in [0, 0.05) is 35.5 Å². The largest absolute Gasteiger partial charge is 0.372 e. The van der Waals surface area contributed by atoms with Crippen molar-refractivity contribution in [3.05, 3.63) is 101 Å². The highest BCUT2D eigenvalue weighted by Gasteiger charge is 2.47. The molecule has 174 valence electrons. The molecular formula is C28H31N4O2+. The number of nitrogens with one attached hydrogen (secondary N) is 2. The van der Waals surface area contributed by atoms with Crippen LogP contribution in [0.1, 0.15) is 46.9 Å². The first-order chi connectivity index (χ1) is 16.5. The molecule has 1 fully saturated rings. The molecule has 1 heterocycles. The predicted molar refractivity (Wildman–Crippen MR) is 135 cm³/mol. The number of hydrazine groups is 1. The van der Waals surface area contributed by atoms with Gasteiger partial charge in [-0.2, -0.15) is 0 Å². The quantitative estimate of drug-likeness (QED) is 0.532. The lowest BCUT2D eigenvalue weighted by molar-refractivity contribution is -0.596. The first kappa shape index (κ1) is 23.2. The Kier molecular flexibility index (Phi) is 7.07. The number of anilines is 1. The fourth-order valence-electron chi connectivity index (χ4n) is 4.36. The van der Waals surface area contributed by atoms with Crippen LogP contribution in [-0.2, 0) is 4.79 Å². The van der Waals surface area contributed by atoms with E-state index in [9.17, 15) is 9.59 Å². The minimum Gasteiger partial charge on any atom is -0.372 e. The summed E-state index contributed by atoms with van der Waals surface area (Å²) >= 11 is 0. The summed E-state index contributed by atoms with van der Waals surface area (Å²) in [7, 11) is 0. The number of aryl methyl sites for hydroxylation is 1. The molecule has 6 heteroatoms. The van der Waals surface area contributed by atoms with Gasteiger partial charge in [-0.15, -0.1) is 10.1 Å². The lowest BCUT2D eigenvalue weighted by Crippen LogP contribution is -2.42. The van der Waals surface area contributed by atoms with Crippen molar-refractivity contribution in [3.63, 3.8) is 0 Å². The van der Waals surface area contributed by atoms with E-state index >= 15 is 0 Å². The molecule has 0 saturated carbocycles. The van der Waals surface area contributed by atoms with Crippen LogP contribution in [0.3, 0.4) is 0 Å². The van der Waals surface area contributed by atoms with Gasteiger partial charge >= 0.3 is 5.91 Å². The van der Waals surface area contributed by atoms with E-state index in [0.29, 0.717) is 5.56 Å². The first-order valence-corrected chi connectivity index (χ1v) is 11.7. The van der Waals surface area contributed by atoms with Gasteiger partial charge in [0.15, 0.2) is 6.04 Å². The average molecular weight is 456 g/mol. The summed E-state index contributed by atoms with van der Waals surface area (Å²) in [5, 5.41) is 2.96. The third kappa shape index (κ3) is 5.01. The summed E-state index contributed by atoms with van der Waals surface area (Å²) in [6.45, 7) is 8.10. The molecule has 34 heavy (non-hydrogen) atoms. The van der Waals surface area contributed by atoms with E-state index in [1.165, 1.54) is 0 Å². The molecule has 2 atom stereocenters. The number of carbonyl (C=O) groups excluding carboxylic acids is 2. The first-order valence-electron chi connectivity index (χ1n) is 11.7. The van der Waals surface area contributed by atoms with Crippen molar-refractivity contribution in [1.29, 1.82) is 0 Å². The van der Waals surface area contributed by atoms with Crippen LogP contribution in [0.2, 0.25) is 0 Å². The Bertz CT molecular complexity index is 1180. The highest BCUT2D eigenvalue weighted by Crippen LogP contribution is 2.25. The van der Waals surface area contributed by atoms with Gasteiger partial charge < -0.3 is 10.2 Å². The molecule has 0 aliphatic carbocycles. The number of carbonyl (C=O) groups is 2. The van der Waals surface area contributed by atoms with E-state index in [1.807, 2.05) is 73.8 Å². The van der Waals surface area contributed by atoms with E-state index in [4.69, 9.17) is 0 Å². The van der Waals surface area contributed by atoms with E-state index in [1.54, 1.807) is 10.8 Å². The van der Waals surface area contributed by atoms with Crippen LogP contribution in [0.15, 0.2) is 78.9 Å².